The Balaban J connectivity index is 1.83. The molecule has 3 heterocycles. The van der Waals surface area contributed by atoms with Crippen molar-refractivity contribution in [3.8, 4) is 0 Å². The van der Waals surface area contributed by atoms with Gasteiger partial charge in [-0.15, -0.1) is 0 Å². The molecule has 0 spiro atoms. The van der Waals surface area contributed by atoms with Crippen molar-refractivity contribution in [3.63, 3.8) is 0 Å². The molecule has 1 fully saturated rings. The Bertz CT molecular complexity index is 578. The van der Waals surface area contributed by atoms with Crippen LogP contribution in [0.25, 0.3) is 5.65 Å². The number of ether oxygens (including phenoxy) is 1. The molecule has 0 aromatic carbocycles. The molecule has 102 valence electrons. The van der Waals surface area contributed by atoms with Gasteiger partial charge in [-0.05, 0) is 32.9 Å². The molecule has 19 heavy (non-hydrogen) atoms. The van der Waals surface area contributed by atoms with E-state index >= 15 is 0 Å². The fraction of sp³-hybridized carbons (Fsp3) is 0.533. The summed E-state index contributed by atoms with van der Waals surface area (Å²) in [6.45, 7) is 9.15. The quantitative estimate of drug-likeness (QED) is 0.828. The van der Waals surface area contributed by atoms with E-state index in [0.29, 0.717) is 12.1 Å². The summed E-state index contributed by atoms with van der Waals surface area (Å²) < 4.78 is 7.83. The van der Waals surface area contributed by atoms with Gasteiger partial charge in [-0.3, -0.25) is 4.90 Å². The van der Waals surface area contributed by atoms with Crippen LogP contribution in [0.1, 0.15) is 25.2 Å². The highest BCUT2D eigenvalue weighted by atomic mass is 16.5. The van der Waals surface area contributed by atoms with Crippen LogP contribution in [0.4, 0.5) is 0 Å². The summed E-state index contributed by atoms with van der Waals surface area (Å²) >= 11 is 0. The zero-order valence-electron chi connectivity index (χ0n) is 11.8. The Morgan fingerprint density at radius 3 is 3.00 bits per heavy atom. The van der Waals surface area contributed by atoms with Gasteiger partial charge in [0.05, 0.1) is 18.4 Å². The van der Waals surface area contributed by atoms with E-state index in [1.54, 1.807) is 0 Å². The first-order valence-corrected chi connectivity index (χ1v) is 6.93. The van der Waals surface area contributed by atoms with Gasteiger partial charge in [-0.25, -0.2) is 4.98 Å². The topological polar surface area (TPSA) is 29.8 Å². The number of pyridine rings is 1. The van der Waals surface area contributed by atoms with Gasteiger partial charge in [0, 0.05) is 31.0 Å². The summed E-state index contributed by atoms with van der Waals surface area (Å²) in [5.41, 5.74) is 3.39. The maximum Gasteiger partial charge on any atom is 0.137 e. The van der Waals surface area contributed by atoms with Crippen molar-refractivity contribution < 1.29 is 4.74 Å². The molecule has 4 nitrogen and oxygen atoms in total. The molecule has 1 aliphatic heterocycles. The largest absolute Gasteiger partial charge is 0.376 e. The predicted octanol–water partition coefficient (Wildman–Crippen LogP) is 2.25. The molecule has 3 rings (SSSR count). The summed E-state index contributed by atoms with van der Waals surface area (Å²) in [7, 11) is 0. The second-order valence-electron chi connectivity index (χ2n) is 5.55. The van der Waals surface area contributed by atoms with Gasteiger partial charge >= 0.3 is 0 Å². The molecule has 0 unspecified atom stereocenters. The first-order valence-electron chi connectivity index (χ1n) is 6.93. The first-order chi connectivity index (χ1) is 9.13. The van der Waals surface area contributed by atoms with Crippen molar-refractivity contribution in [2.45, 2.75) is 39.5 Å². The van der Waals surface area contributed by atoms with Crippen LogP contribution >= 0.6 is 0 Å². The molecule has 0 radical (unpaired) electrons. The Labute approximate surface area is 114 Å². The number of nitrogens with zero attached hydrogens (tertiary/aromatic N) is 3. The van der Waals surface area contributed by atoms with Gasteiger partial charge in [-0.2, -0.15) is 0 Å². The van der Waals surface area contributed by atoms with Crippen LogP contribution in [-0.2, 0) is 11.3 Å². The molecule has 2 aromatic heterocycles. The van der Waals surface area contributed by atoms with Gasteiger partial charge < -0.3 is 9.14 Å². The Hall–Kier alpha value is -1.39. The standard InChI is InChI=1S/C15H21N3O/c1-11-5-4-6-15-16-14(9-18(11)15)8-17-7-13(3)19-10-12(17)2/h4-6,9,12-13H,7-8,10H2,1-3H3/t12-,13-/m1/s1. The van der Waals surface area contributed by atoms with Crippen molar-refractivity contribution in [3.05, 3.63) is 35.8 Å². The average molecular weight is 259 g/mol. The van der Waals surface area contributed by atoms with Crippen LogP contribution in [-0.4, -0.2) is 39.6 Å². The SMILES string of the molecule is Cc1cccc2nc(CN3C[C@@H](C)OC[C@H]3C)cn12. The smallest absolute Gasteiger partial charge is 0.137 e. The molecule has 1 saturated heterocycles. The lowest BCUT2D eigenvalue weighted by molar-refractivity contribution is -0.0530. The fourth-order valence-corrected chi connectivity index (χ4v) is 2.68. The molecular weight excluding hydrogens is 238 g/mol. The molecule has 2 atom stereocenters. The van der Waals surface area contributed by atoms with Gasteiger partial charge in [-0.1, -0.05) is 6.07 Å². The third-order valence-electron chi connectivity index (χ3n) is 3.85. The first kappa shape index (κ1) is 12.6. The number of hydrogen-bond donors (Lipinski definition) is 0. The van der Waals surface area contributed by atoms with Crippen LogP contribution < -0.4 is 0 Å². The van der Waals surface area contributed by atoms with Crippen LogP contribution in [0.15, 0.2) is 24.4 Å². The van der Waals surface area contributed by atoms with Gasteiger partial charge in [0.15, 0.2) is 0 Å². The minimum atomic E-state index is 0.315. The lowest BCUT2D eigenvalue weighted by Crippen LogP contribution is -2.46. The van der Waals surface area contributed by atoms with Crippen LogP contribution in [0.5, 0.6) is 0 Å². The van der Waals surface area contributed by atoms with E-state index in [1.807, 2.05) is 0 Å². The number of aryl methyl sites for hydroxylation is 1. The number of aromatic nitrogens is 2. The van der Waals surface area contributed by atoms with Crippen LogP contribution in [0, 0.1) is 6.92 Å². The third kappa shape index (κ3) is 2.51. The monoisotopic (exact) mass is 259 g/mol. The van der Waals surface area contributed by atoms with E-state index in [-0.39, 0.29) is 0 Å². The Kier molecular flexibility index (Phi) is 3.29. The molecule has 4 heteroatoms. The lowest BCUT2D eigenvalue weighted by atomic mass is 10.2. The van der Waals surface area contributed by atoms with E-state index in [9.17, 15) is 0 Å². The Morgan fingerprint density at radius 2 is 2.21 bits per heavy atom. The van der Waals surface area contributed by atoms with E-state index in [0.717, 1.165) is 31.0 Å². The average Bonchev–Trinajstić information content (AvgIpc) is 2.78. The molecule has 0 bridgehead atoms. The highest BCUT2D eigenvalue weighted by Crippen LogP contribution is 2.16. The van der Waals surface area contributed by atoms with Crippen molar-refractivity contribution in [2.75, 3.05) is 13.2 Å². The minimum Gasteiger partial charge on any atom is -0.376 e. The maximum absolute atomic E-state index is 5.67. The zero-order valence-corrected chi connectivity index (χ0v) is 11.8. The van der Waals surface area contributed by atoms with Gasteiger partial charge in [0.2, 0.25) is 0 Å². The van der Waals surface area contributed by atoms with Crippen molar-refractivity contribution >= 4 is 5.65 Å². The molecule has 2 aromatic rings. The predicted molar refractivity (Wildman–Crippen MR) is 75.2 cm³/mol. The molecule has 1 aliphatic rings. The van der Waals surface area contributed by atoms with E-state index < -0.39 is 0 Å². The van der Waals surface area contributed by atoms with Crippen LogP contribution in [0.3, 0.4) is 0 Å². The summed E-state index contributed by atoms with van der Waals surface area (Å²) in [6, 6.07) is 6.68. The second kappa shape index (κ2) is 4.94. The molecule has 0 saturated carbocycles. The number of morpholine rings is 1. The normalized spacial score (nSPS) is 25.0. The molecule has 0 amide bonds. The number of fused-ring (bicyclic) bond motifs is 1. The van der Waals surface area contributed by atoms with Crippen molar-refractivity contribution in [1.29, 1.82) is 0 Å². The van der Waals surface area contributed by atoms with Gasteiger partial charge in [0.25, 0.3) is 0 Å². The lowest BCUT2D eigenvalue weighted by Gasteiger charge is -2.36. The maximum atomic E-state index is 5.67. The summed E-state index contributed by atoms with van der Waals surface area (Å²) in [5.74, 6) is 0. The van der Waals surface area contributed by atoms with E-state index in [2.05, 4.69) is 54.5 Å². The number of rotatable bonds is 2. The Morgan fingerprint density at radius 1 is 1.37 bits per heavy atom. The third-order valence-corrected chi connectivity index (χ3v) is 3.85. The van der Waals surface area contributed by atoms with Crippen LogP contribution in [0.2, 0.25) is 0 Å². The van der Waals surface area contributed by atoms with E-state index in [1.165, 1.54) is 5.69 Å². The van der Waals surface area contributed by atoms with E-state index in [4.69, 9.17) is 9.72 Å². The molecular formula is C15H21N3O. The van der Waals surface area contributed by atoms with Crippen molar-refractivity contribution in [2.24, 2.45) is 0 Å². The minimum absolute atomic E-state index is 0.315. The van der Waals surface area contributed by atoms with Crippen molar-refractivity contribution in [1.82, 2.24) is 14.3 Å². The second-order valence-corrected chi connectivity index (χ2v) is 5.55. The highest BCUT2D eigenvalue weighted by Gasteiger charge is 2.24. The highest BCUT2D eigenvalue weighted by molar-refractivity contribution is 5.41. The summed E-state index contributed by atoms with van der Waals surface area (Å²) in [5, 5.41) is 0. The summed E-state index contributed by atoms with van der Waals surface area (Å²) in [6.07, 6.45) is 2.47. The molecule has 0 aliphatic carbocycles. The summed E-state index contributed by atoms with van der Waals surface area (Å²) in [4.78, 5) is 7.16. The fourth-order valence-electron chi connectivity index (χ4n) is 2.68. The van der Waals surface area contributed by atoms with Gasteiger partial charge in [0.1, 0.15) is 5.65 Å². The number of hydrogen-bond acceptors (Lipinski definition) is 3. The number of imidazole rings is 1. The zero-order chi connectivity index (χ0) is 13.4. The molecule has 0 N–H and O–H groups in total.